The van der Waals surface area contributed by atoms with E-state index in [9.17, 15) is 4.79 Å². The van der Waals surface area contributed by atoms with E-state index in [1.807, 2.05) is 36.4 Å². The molecule has 0 radical (unpaired) electrons. The topological polar surface area (TPSA) is 59.6 Å². The van der Waals surface area contributed by atoms with Gasteiger partial charge in [0.1, 0.15) is 11.5 Å². The highest BCUT2D eigenvalue weighted by Gasteiger charge is 2.09. The summed E-state index contributed by atoms with van der Waals surface area (Å²) in [6.07, 6.45) is 0.265. The number of hydrogen-bond donors (Lipinski definition) is 2. The third-order valence-corrected chi connectivity index (χ3v) is 4.40. The van der Waals surface area contributed by atoms with Crippen LogP contribution < -0.4 is 20.1 Å². The van der Waals surface area contributed by atoms with Crippen molar-refractivity contribution in [1.82, 2.24) is 5.32 Å². The summed E-state index contributed by atoms with van der Waals surface area (Å²) in [5.41, 5.74) is 1.90. The van der Waals surface area contributed by atoms with E-state index in [1.54, 1.807) is 20.3 Å². The lowest BCUT2D eigenvalue weighted by molar-refractivity contribution is -0.120. The van der Waals surface area contributed by atoms with E-state index < -0.39 is 0 Å². The smallest absolute Gasteiger partial charge is 0.224 e. The van der Waals surface area contributed by atoms with Gasteiger partial charge in [0.05, 0.1) is 20.6 Å². The SMILES string of the molecule is COc1ccc(CC(=O)NCCNc2cccc3ccccc23)c(OC)c1. The van der Waals surface area contributed by atoms with Gasteiger partial charge in [0.15, 0.2) is 0 Å². The van der Waals surface area contributed by atoms with Gasteiger partial charge in [0.2, 0.25) is 5.91 Å². The normalized spacial score (nSPS) is 10.4. The summed E-state index contributed by atoms with van der Waals surface area (Å²) in [5.74, 6) is 1.31. The van der Waals surface area contributed by atoms with Gasteiger partial charge < -0.3 is 20.1 Å². The molecular formula is C22H24N2O3. The first-order valence-corrected chi connectivity index (χ1v) is 8.90. The standard InChI is InChI=1S/C22H24N2O3/c1-26-18-11-10-17(21(15-18)27-2)14-22(25)24-13-12-23-20-9-5-7-16-6-3-4-8-19(16)20/h3-11,15,23H,12-14H2,1-2H3,(H,24,25). The second kappa shape index (κ2) is 8.94. The predicted octanol–water partition coefficient (Wildman–Crippen LogP) is 3.63. The van der Waals surface area contributed by atoms with Crippen molar-refractivity contribution in [1.29, 1.82) is 0 Å². The van der Waals surface area contributed by atoms with E-state index in [0.29, 0.717) is 24.6 Å². The minimum Gasteiger partial charge on any atom is -0.497 e. The van der Waals surface area contributed by atoms with Crippen molar-refractivity contribution in [3.63, 3.8) is 0 Å². The zero-order valence-corrected chi connectivity index (χ0v) is 15.6. The number of amides is 1. The lowest BCUT2D eigenvalue weighted by Crippen LogP contribution is -2.30. The second-order valence-electron chi connectivity index (χ2n) is 6.16. The molecular weight excluding hydrogens is 340 g/mol. The molecule has 1 amide bonds. The zero-order valence-electron chi connectivity index (χ0n) is 15.6. The second-order valence-corrected chi connectivity index (χ2v) is 6.16. The Kier molecular flexibility index (Phi) is 6.15. The van der Waals surface area contributed by atoms with Gasteiger partial charge in [-0.25, -0.2) is 0 Å². The molecule has 2 N–H and O–H groups in total. The summed E-state index contributed by atoms with van der Waals surface area (Å²) >= 11 is 0. The highest BCUT2D eigenvalue weighted by molar-refractivity contribution is 5.93. The maximum Gasteiger partial charge on any atom is 0.224 e. The number of benzene rings is 3. The number of ether oxygens (including phenoxy) is 2. The van der Waals surface area contributed by atoms with Gasteiger partial charge in [-0.05, 0) is 17.5 Å². The van der Waals surface area contributed by atoms with Gasteiger partial charge in [0, 0.05) is 35.8 Å². The van der Waals surface area contributed by atoms with E-state index in [1.165, 1.54) is 10.8 Å². The molecule has 0 saturated heterocycles. The number of carbonyl (C=O) groups excluding carboxylic acids is 1. The van der Waals surface area contributed by atoms with E-state index in [-0.39, 0.29) is 12.3 Å². The highest BCUT2D eigenvalue weighted by atomic mass is 16.5. The quantitative estimate of drug-likeness (QED) is 0.599. The molecule has 0 aliphatic rings. The van der Waals surface area contributed by atoms with Crippen LogP contribution in [0.3, 0.4) is 0 Å². The largest absolute Gasteiger partial charge is 0.497 e. The fourth-order valence-electron chi connectivity index (χ4n) is 3.01. The molecule has 0 aliphatic carbocycles. The molecule has 27 heavy (non-hydrogen) atoms. The molecule has 0 atom stereocenters. The fourth-order valence-corrected chi connectivity index (χ4v) is 3.01. The third kappa shape index (κ3) is 4.70. The molecule has 0 saturated carbocycles. The molecule has 0 heterocycles. The lowest BCUT2D eigenvalue weighted by Gasteiger charge is -2.12. The Balaban J connectivity index is 1.51. The Bertz CT molecular complexity index is 919. The van der Waals surface area contributed by atoms with E-state index in [0.717, 1.165) is 11.3 Å². The van der Waals surface area contributed by atoms with Gasteiger partial charge in [-0.3, -0.25) is 4.79 Å². The molecule has 0 unspecified atom stereocenters. The fraction of sp³-hybridized carbons (Fsp3) is 0.227. The average molecular weight is 364 g/mol. The molecule has 3 aromatic carbocycles. The van der Waals surface area contributed by atoms with E-state index in [4.69, 9.17) is 9.47 Å². The number of fused-ring (bicyclic) bond motifs is 1. The number of hydrogen-bond acceptors (Lipinski definition) is 4. The number of carbonyl (C=O) groups is 1. The molecule has 5 nitrogen and oxygen atoms in total. The summed E-state index contributed by atoms with van der Waals surface area (Å²) < 4.78 is 10.5. The van der Waals surface area contributed by atoms with Gasteiger partial charge in [-0.1, -0.05) is 42.5 Å². The average Bonchev–Trinajstić information content (AvgIpc) is 2.71. The van der Waals surface area contributed by atoms with Crippen LogP contribution in [0, 0.1) is 0 Å². The Morgan fingerprint density at radius 3 is 2.56 bits per heavy atom. The Hall–Kier alpha value is -3.21. The molecule has 3 rings (SSSR count). The molecule has 0 aromatic heterocycles. The first-order chi connectivity index (χ1) is 13.2. The van der Waals surface area contributed by atoms with Crippen LogP contribution in [-0.2, 0) is 11.2 Å². The van der Waals surface area contributed by atoms with Crippen LogP contribution >= 0.6 is 0 Å². The third-order valence-electron chi connectivity index (χ3n) is 4.40. The highest BCUT2D eigenvalue weighted by Crippen LogP contribution is 2.25. The van der Waals surface area contributed by atoms with E-state index >= 15 is 0 Å². The van der Waals surface area contributed by atoms with Crippen LogP contribution in [0.5, 0.6) is 11.5 Å². The lowest BCUT2D eigenvalue weighted by atomic mass is 10.1. The summed E-state index contributed by atoms with van der Waals surface area (Å²) in [6, 6.07) is 19.9. The van der Waals surface area contributed by atoms with Crippen molar-refractivity contribution < 1.29 is 14.3 Å². The van der Waals surface area contributed by atoms with Crippen LogP contribution in [0.2, 0.25) is 0 Å². The number of methoxy groups -OCH3 is 2. The van der Waals surface area contributed by atoms with Gasteiger partial charge >= 0.3 is 0 Å². The Morgan fingerprint density at radius 1 is 0.926 bits per heavy atom. The van der Waals surface area contributed by atoms with Crippen molar-refractivity contribution in [2.45, 2.75) is 6.42 Å². The number of rotatable bonds is 8. The molecule has 140 valence electrons. The molecule has 3 aromatic rings. The van der Waals surface area contributed by atoms with Crippen LogP contribution in [0.15, 0.2) is 60.7 Å². The van der Waals surface area contributed by atoms with Crippen LogP contribution in [-0.4, -0.2) is 33.2 Å². The molecule has 0 fully saturated rings. The summed E-state index contributed by atoms with van der Waals surface area (Å²) in [6.45, 7) is 1.19. The molecule has 0 spiro atoms. The van der Waals surface area contributed by atoms with Crippen LogP contribution in [0.25, 0.3) is 10.8 Å². The summed E-state index contributed by atoms with van der Waals surface area (Å²) in [7, 11) is 3.19. The van der Waals surface area contributed by atoms with Crippen molar-refractivity contribution in [3.8, 4) is 11.5 Å². The van der Waals surface area contributed by atoms with Gasteiger partial charge in [0.25, 0.3) is 0 Å². The molecule has 0 aliphatic heterocycles. The monoisotopic (exact) mass is 364 g/mol. The van der Waals surface area contributed by atoms with Gasteiger partial charge in [-0.2, -0.15) is 0 Å². The summed E-state index contributed by atoms with van der Waals surface area (Å²) in [5, 5.41) is 8.70. The summed E-state index contributed by atoms with van der Waals surface area (Å²) in [4.78, 5) is 12.2. The van der Waals surface area contributed by atoms with Crippen LogP contribution in [0.4, 0.5) is 5.69 Å². The molecule has 0 bridgehead atoms. The number of anilines is 1. The number of nitrogens with one attached hydrogen (secondary N) is 2. The van der Waals surface area contributed by atoms with Crippen molar-refractivity contribution in [2.75, 3.05) is 32.6 Å². The van der Waals surface area contributed by atoms with E-state index in [2.05, 4.69) is 28.8 Å². The van der Waals surface area contributed by atoms with Crippen LogP contribution in [0.1, 0.15) is 5.56 Å². The van der Waals surface area contributed by atoms with Crippen molar-refractivity contribution in [3.05, 3.63) is 66.2 Å². The minimum absolute atomic E-state index is 0.0433. The van der Waals surface area contributed by atoms with Gasteiger partial charge in [-0.15, -0.1) is 0 Å². The zero-order chi connectivity index (χ0) is 19.1. The Morgan fingerprint density at radius 2 is 1.74 bits per heavy atom. The van der Waals surface area contributed by atoms with Crippen molar-refractivity contribution in [2.24, 2.45) is 0 Å². The maximum absolute atomic E-state index is 12.2. The molecule has 5 heteroatoms. The first kappa shape index (κ1) is 18.6. The predicted molar refractivity (Wildman–Crippen MR) is 109 cm³/mol. The maximum atomic E-state index is 12.2. The van der Waals surface area contributed by atoms with Crippen molar-refractivity contribution >= 4 is 22.4 Å². The minimum atomic E-state index is -0.0433. The Labute approximate surface area is 159 Å². The first-order valence-electron chi connectivity index (χ1n) is 8.90.